The Balaban J connectivity index is 1.45. The van der Waals surface area contributed by atoms with Crippen LogP contribution in [0.1, 0.15) is 13.3 Å². The Morgan fingerprint density at radius 3 is 2.44 bits per heavy atom. The molecule has 4 nitrogen and oxygen atoms in total. The van der Waals surface area contributed by atoms with E-state index in [0.717, 1.165) is 37.7 Å². The average molecular weight is 387 g/mol. The molecule has 0 aliphatic carbocycles. The maximum absolute atomic E-state index is 10.3. The number of β-amino-alcohol motifs (C(OH)–C–C–N with tert-alkyl or cyclic N) is 1. The lowest BCUT2D eigenvalue weighted by atomic mass is 10.2. The molecule has 0 amide bonds. The fraction of sp³-hybridized carbons (Fsp3) is 0.455. The summed E-state index contributed by atoms with van der Waals surface area (Å²) < 4.78 is 5.66. The minimum absolute atomic E-state index is 0.334. The van der Waals surface area contributed by atoms with Gasteiger partial charge in [-0.1, -0.05) is 37.3 Å². The van der Waals surface area contributed by atoms with E-state index in [-0.39, 0.29) is 0 Å². The molecule has 1 fully saturated rings. The van der Waals surface area contributed by atoms with Gasteiger partial charge in [-0.25, -0.2) is 0 Å². The molecule has 2 aromatic carbocycles. The minimum atomic E-state index is -0.468. The number of para-hydroxylation sites is 2. The van der Waals surface area contributed by atoms with E-state index in [1.54, 1.807) is 0 Å². The lowest BCUT2D eigenvalue weighted by Crippen LogP contribution is -2.49. The first-order valence-corrected chi connectivity index (χ1v) is 10.8. The first-order valence-electron chi connectivity index (χ1n) is 9.81. The molecule has 1 atom stereocenters. The maximum atomic E-state index is 10.3. The second-order valence-corrected chi connectivity index (χ2v) is 8.02. The van der Waals surface area contributed by atoms with Gasteiger partial charge in [0.05, 0.1) is 5.69 Å². The van der Waals surface area contributed by atoms with Gasteiger partial charge in [-0.05, 0) is 36.4 Å². The fourth-order valence-electron chi connectivity index (χ4n) is 3.28. The average Bonchev–Trinajstić information content (AvgIpc) is 2.72. The van der Waals surface area contributed by atoms with Crippen LogP contribution in [0.2, 0.25) is 0 Å². The number of piperazine rings is 1. The highest BCUT2D eigenvalue weighted by molar-refractivity contribution is 7.99. The summed E-state index contributed by atoms with van der Waals surface area (Å²) in [4.78, 5) is 6.18. The lowest BCUT2D eigenvalue weighted by molar-refractivity contribution is 0.0663. The molecule has 1 N–H and O–H groups in total. The van der Waals surface area contributed by atoms with E-state index < -0.39 is 6.10 Å². The molecular weight excluding hydrogens is 356 g/mol. The van der Waals surface area contributed by atoms with Crippen LogP contribution in [0.15, 0.2) is 59.5 Å². The molecule has 0 unspecified atom stereocenters. The number of hydrogen-bond donors (Lipinski definition) is 1. The monoisotopic (exact) mass is 386 g/mol. The summed E-state index contributed by atoms with van der Waals surface area (Å²) >= 11 is 1.94. The molecule has 1 aliphatic rings. The van der Waals surface area contributed by atoms with Crippen molar-refractivity contribution in [2.24, 2.45) is 0 Å². The Hall–Kier alpha value is -1.69. The first-order chi connectivity index (χ1) is 13.3. The minimum Gasteiger partial charge on any atom is -0.491 e. The Morgan fingerprint density at radius 1 is 1.00 bits per heavy atom. The number of aliphatic hydroxyl groups is 1. The second-order valence-electron chi connectivity index (χ2n) is 6.88. The van der Waals surface area contributed by atoms with Crippen molar-refractivity contribution in [1.29, 1.82) is 0 Å². The highest BCUT2D eigenvalue weighted by Crippen LogP contribution is 2.31. The molecule has 0 saturated carbocycles. The number of ether oxygens (including phenoxy) is 1. The third kappa shape index (κ3) is 6.16. The fourth-order valence-corrected chi connectivity index (χ4v) is 4.23. The molecule has 1 heterocycles. The SMILES string of the molecule is CCCSc1ccccc1N1CCN(C[C@@H](O)COc2ccccc2)CC1. The predicted molar refractivity (Wildman–Crippen MR) is 114 cm³/mol. The zero-order chi connectivity index (χ0) is 18.9. The molecule has 0 bridgehead atoms. The van der Waals surface area contributed by atoms with E-state index in [0.29, 0.717) is 13.2 Å². The summed E-state index contributed by atoms with van der Waals surface area (Å²) in [5.41, 5.74) is 1.35. The van der Waals surface area contributed by atoms with Crippen LogP contribution in [-0.2, 0) is 0 Å². The highest BCUT2D eigenvalue weighted by atomic mass is 32.2. The largest absolute Gasteiger partial charge is 0.491 e. The number of anilines is 1. The summed E-state index contributed by atoms with van der Waals surface area (Å²) in [6, 6.07) is 18.4. The van der Waals surface area contributed by atoms with E-state index in [1.165, 1.54) is 17.0 Å². The van der Waals surface area contributed by atoms with Crippen LogP contribution in [0.25, 0.3) is 0 Å². The van der Waals surface area contributed by atoms with E-state index in [4.69, 9.17) is 4.74 Å². The predicted octanol–water partition coefficient (Wildman–Crippen LogP) is 3.75. The molecule has 0 spiro atoms. The molecule has 27 heavy (non-hydrogen) atoms. The third-order valence-corrected chi connectivity index (χ3v) is 5.96. The van der Waals surface area contributed by atoms with Crippen LogP contribution in [0.3, 0.4) is 0 Å². The molecule has 3 rings (SSSR count). The van der Waals surface area contributed by atoms with Crippen molar-refractivity contribution in [1.82, 2.24) is 4.90 Å². The van der Waals surface area contributed by atoms with Gasteiger partial charge in [-0.2, -0.15) is 0 Å². The number of rotatable bonds is 9. The molecule has 146 valence electrons. The third-order valence-electron chi connectivity index (χ3n) is 4.69. The Labute approximate surface area is 167 Å². The Bertz CT molecular complexity index is 675. The number of thioether (sulfide) groups is 1. The second kappa shape index (κ2) is 10.6. The zero-order valence-corrected chi connectivity index (χ0v) is 16.9. The zero-order valence-electron chi connectivity index (χ0n) is 16.1. The quantitative estimate of drug-likeness (QED) is 0.664. The smallest absolute Gasteiger partial charge is 0.119 e. The Kier molecular flexibility index (Phi) is 7.87. The van der Waals surface area contributed by atoms with Crippen molar-refractivity contribution < 1.29 is 9.84 Å². The summed E-state index contributed by atoms with van der Waals surface area (Å²) in [6.45, 7) is 7.14. The van der Waals surface area contributed by atoms with Gasteiger partial charge in [0.25, 0.3) is 0 Å². The molecule has 1 saturated heterocycles. The normalized spacial score (nSPS) is 16.3. The van der Waals surface area contributed by atoms with Crippen LogP contribution in [0.5, 0.6) is 5.75 Å². The Morgan fingerprint density at radius 2 is 1.70 bits per heavy atom. The molecular formula is C22H30N2O2S. The molecule has 5 heteroatoms. The van der Waals surface area contributed by atoms with Gasteiger partial charge in [0.1, 0.15) is 18.5 Å². The van der Waals surface area contributed by atoms with E-state index >= 15 is 0 Å². The molecule has 0 radical (unpaired) electrons. The van der Waals surface area contributed by atoms with Gasteiger partial charge >= 0.3 is 0 Å². The lowest BCUT2D eigenvalue weighted by Gasteiger charge is -2.37. The van der Waals surface area contributed by atoms with E-state index in [9.17, 15) is 5.11 Å². The maximum Gasteiger partial charge on any atom is 0.119 e. The summed E-state index contributed by atoms with van der Waals surface area (Å²) in [7, 11) is 0. The molecule has 2 aromatic rings. The van der Waals surface area contributed by atoms with Gasteiger partial charge in [-0.3, -0.25) is 4.90 Å². The summed E-state index contributed by atoms with van der Waals surface area (Å²) in [5.74, 6) is 1.97. The van der Waals surface area contributed by atoms with E-state index in [2.05, 4.69) is 41.0 Å². The van der Waals surface area contributed by atoms with Crippen molar-refractivity contribution >= 4 is 17.4 Å². The number of benzene rings is 2. The number of hydrogen-bond acceptors (Lipinski definition) is 5. The van der Waals surface area contributed by atoms with Crippen LogP contribution < -0.4 is 9.64 Å². The van der Waals surface area contributed by atoms with Crippen LogP contribution in [-0.4, -0.2) is 61.2 Å². The van der Waals surface area contributed by atoms with Crippen LogP contribution in [0, 0.1) is 0 Å². The summed E-state index contributed by atoms with van der Waals surface area (Å²) in [5, 5.41) is 10.3. The van der Waals surface area contributed by atoms with Crippen molar-refractivity contribution in [3.05, 3.63) is 54.6 Å². The number of aliphatic hydroxyl groups excluding tert-OH is 1. The van der Waals surface area contributed by atoms with Gasteiger partial charge < -0.3 is 14.7 Å². The van der Waals surface area contributed by atoms with Crippen LogP contribution in [0.4, 0.5) is 5.69 Å². The van der Waals surface area contributed by atoms with Crippen molar-refractivity contribution in [2.45, 2.75) is 24.3 Å². The van der Waals surface area contributed by atoms with Gasteiger partial charge in [0.2, 0.25) is 0 Å². The topological polar surface area (TPSA) is 35.9 Å². The molecule has 1 aliphatic heterocycles. The standard InChI is InChI=1S/C22H30N2O2S/c1-2-16-27-22-11-7-6-10-21(22)24-14-12-23(13-15-24)17-19(25)18-26-20-8-4-3-5-9-20/h3-11,19,25H,2,12-18H2,1H3/t19-/m1/s1. The number of nitrogens with zero attached hydrogens (tertiary/aromatic N) is 2. The van der Waals surface area contributed by atoms with Gasteiger partial charge in [0.15, 0.2) is 0 Å². The summed E-state index contributed by atoms with van der Waals surface area (Å²) in [6.07, 6.45) is 0.722. The van der Waals surface area contributed by atoms with Crippen molar-refractivity contribution in [3.8, 4) is 5.75 Å². The van der Waals surface area contributed by atoms with Crippen molar-refractivity contribution in [3.63, 3.8) is 0 Å². The van der Waals surface area contributed by atoms with Gasteiger partial charge in [0, 0.05) is 37.6 Å². The van der Waals surface area contributed by atoms with E-state index in [1.807, 2.05) is 42.1 Å². The first kappa shape index (κ1) is 20.1. The van der Waals surface area contributed by atoms with Crippen molar-refractivity contribution in [2.75, 3.05) is 50.0 Å². The van der Waals surface area contributed by atoms with Gasteiger partial charge in [-0.15, -0.1) is 11.8 Å². The highest BCUT2D eigenvalue weighted by Gasteiger charge is 2.21. The van der Waals surface area contributed by atoms with Crippen LogP contribution >= 0.6 is 11.8 Å². The molecule has 0 aromatic heterocycles.